The number of hydrogen-bond acceptors (Lipinski definition) is 2. The first kappa shape index (κ1) is 12.5. The van der Waals surface area contributed by atoms with Gasteiger partial charge in [-0.2, -0.15) is 5.10 Å². The average Bonchev–Trinajstić information content (AvgIpc) is 2.40. The summed E-state index contributed by atoms with van der Waals surface area (Å²) in [6, 6.07) is 5.38. The summed E-state index contributed by atoms with van der Waals surface area (Å²) in [5.74, 6) is -0.287. The lowest BCUT2D eigenvalue weighted by Gasteiger charge is -2.11. The Morgan fingerprint density at radius 1 is 1.33 bits per heavy atom. The standard InChI is InChI=1S/C14H15FN2O/c15-13-8-6-12(7-9-13)14(18)17-16-10-11-4-2-1-3-5-11/h1-2,6-11H,3-5H2,(H,17,18)/b16-10-/t11-/m0/s1. The number of rotatable bonds is 3. The zero-order chi connectivity index (χ0) is 12.8. The van der Waals surface area contributed by atoms with Gasteiger partial charge in [-0.15, -0.1) is 0 Å². The van der Waals surface area contributed by atoms with E-state index in [1.807, 2.05) is 0 Å². The number of halogens is 1. The molecule has 3 nitrogen and oxygen atoms in total. The maximum absolute atomic E-state index is 12.7. The topological polar surface area (TPSA) is 41.5 Å². The van der Waals surface area contributed by atoms with Crippen LogP contribution < -0.4 is 5.43 Å². The minimum atomic E-state index is -0.357. The second kappa shape index (κ2) is 6.10. The van der Waals surface area contributed by atoms with Crippen molar-refractivity contribution in [3.63, 3.8) is 0 Å². The fourth-order valence-electron chi connectivity index (χ4n) is 1.82. The lowest BCUT2D eigenvalue weighted by atomic mass is 9.96. The maximum atomic E-state index is 12.7. The molecule has 1 atom stereocenters. The van der Waals surface area contributed by atoms with Gasteiger partial charge in [-0.1, -0.05) is 12.2 Å². The van der Waals surface area contributed by atoms with Crippen LogP contribution in [0.25, 0.3) is 0 Å². The fourth-order valence-corrected chi connectivity index (χ4v) is 1.82. The summed E-state index contributed by atoms with van der Waals surface area (Å²) in [7, 11) is 0. The monoisotopic (exact) mass is 246 g/mol. The summed E-state index contributed by atoms with van der Waals surface area (Å²) in [4.78, 5) is 11.6. The van der Waals surface area contributed by atoms with Crippen molar-refractivity contribution in [2.75, 3.05) is 0 Å². The van der Waals surface area contributed by atoms with Gasteiger partial charge in [-0.25, -0.2) is 9.82 Å². The van der Waals surface area contributed by atoms with Crippen molar-refractivity contribution in [3.05, 3.63) is 47.8 Å². The maximum Gasteiger partial charge on any atom is 0.271 e. The molecule has 1 N–H and O–H groups in total. The zero-order valence-electron chi connectivity index (χ0n) is 9.97. The van der Waals surface area contributed by atoms with Gasteiger partial charge in [-0.3, -0.25) is 4.79 Å². The Balaban J connectivity index is 1.86. The van der Waals surface area contributed by atoms with Crippen LogP contribution in [0.2, 0.25) is 0 Å². The summed E-state index contributed by atoms with van der Waals surface area (Å²) in [6.45, 7) is 0. The predicted molar refractivity (Wildman–Crippen MR) is 68.8 cm³/mol. The smallest absolute Gasteiger partial charge is 0.267 e. The highest BCUT2D eigenvalue weighted by molar-refractivity contribution is 5.94. The molecule has 0 heterocycles. The van der Waals surface area contributed by atoms with Crippen LogP contribution >= 0.6 is 0 Å². The molecule has 2 rings (SSSR count). The first-order valence-electron chi connectivity index (χ1n) is 6.00. The average molecular weight is 246 g/mol. The van der Waals surface area contributed by atoms with E-state index in [1.165, 1.54) is 24.3 Å². The number of amides is 1. The number of nitrogens with one attached hydrogen (secondary N) is 1. The summed E-state index contributed by atoms with van der Waals surface area (Å²) in [6.07, 6.45) is 9.14. The van der Waals surface area contributed by atoms with E-state index >= 15 is 0 Å². The number of hydrazone groups is 1. The van der Waals surface area contributed by atoms with Crippen LogP contribution in [0.3, 0.4) is 0 Å². The lowest BCUT2D eigenvalue weighted by Crippen LogP contribution is -2.18. The van der Waals surface area contributed by atoms with Gasteiger partial charge in [0.2, 0.25) is 0 Å². The number of carbonyl (C=O) groups excluding carboxylic acids is 1. The van der Waals surface area contributed by atoms with E-state index < -0.39 is 0 Å². The Bertz CT molecular complexity index is 465. The largest absolute Gasteiger partial charge is 0.271 e. The van der Waals surface area contributed by atoms with E-state index in [4.69, 9.17) is 0 Å². The van der Waals surface area contributed by atoms with Gasteiger partial charge in [0.05, 0.1) is 0 Å². The van der Waals surface area contributed by atoms with Crippen LogP contribution in [-0.2, 0) is 0 Å². The van der Waals surface area contributed by atoms with Gasteiger partial charge < -0.3 is 0 Å². The minimum Gasteiger partial charge on any atom is -0.267 e. The molecule has 0 unspecified atom stereocenters. The molecule has 94 valence electrons. The van der Waals surface area contributed by atoms with Crippen molar-refractivity contribution in [3.8, 4) is 0 Å². The molecule has 0 radical (unpaired) electrons. The predicted octanol–water partition coefficient (Wildman–Crippen LogP) is 2.90. The van der Waals surface area contributed by atoms with Crippen molar-refractivity contribution in [2.45, 2.75) is 19.3 Å². The van der Waals surface area contributed by atoms with Gasteiger partial charge >= 0.3 is 0 Å². The van der Waals surface area contributed by atoms with Crippen molar-refractivity contribution in [1.29, 1.82) is 0 Å². The van der Waals surface area contributed by atoms with Crippen LogP contribution in [-0.4, -0.2) is 12.1 Å². The van der Waals surface area contributed by atoms with Crippen LogP contribution in [0.5, 0.6) is 0 Å². The molecule has 0 aromatic heterocycles. The van der Waals surface area contributed by atoms with Crippen molar-refractivity contribution >= 4 is 12.1 Å². The summed E-state index contributed by atoms with van der Waals surface area (Å²) in [5, 5.41) is 3.94. The first-order chi connectivity index (χ1) is 8.75. The SMILES string of the molecule is O=C(N/N=C\[C@H]1CC=CCC1)c1ccc(F)cc1. The number of nitrogens with zero attached hydrogens (tertiary/aromatic N) is 1. The molecule has 1 aromatic rings. The highest BCUT2D eigenvalue weighted by Gasteiger charge is 2.07. The van der Waals surface area contributed by atoms with E-state index in [0.717, 1.165) is 19.3 Å². The third-order valence-corrected chi connectivity index (χ3v) is 2.87. The Labute approximate surface area is 105 Å². The molecule has 0 aliphatic heterocycles. The molecule has 0 fully saturated rings. The Morgan fingerprint density at radius 2 is 2.11 bits per heavy atom. The Kier molecular flexibility index (Phi) is 4.23. The Morgan fingerprint density at radius 3 is 2.78 bits per heavy atom. The van der Waals surface area contributed by atoms with Gasteiger partial charge in [0.1, 0.15) is 5.82 Å². The molecule has 18 heavy (non-hydrogen) atoms. The number of benzene rings is 1. The van der Waals surface area contributed by atoms with Crippen molar-refractivity contribution in [2.24, 2.45) is 11.0 Å². The van der Waals surface area contributed by atoms with E-state index in [0.29, 0.717) is 11.5 Å². The Hall–Kier alpha value is -1.97. The van der Waals surface area contributed by atoms with Crippen molar-refractivity contribution < 1.29 is 9.18 Å². The molecular formula is C14H15FN2O. The molecule has 0 saturated heterocycles. The zero-order valence-corrected chi connectivity index (χ0v) is 9.97. The molecule has 1 aliphatic rings. The van der Waals surface area contributed by atoms with Gasteiger partial charge in [-0.05, 0) is 49.4 Å². The normalized spacial score (nSPS) is 19.1. The van der Waals surface area contributed by atoms with Crippen LogP contribution in [0.4, 0.5) is 4.39 Å². The number of hydrogen-bond donors (Lipinski definition) is 1. The second-order valence-corrected chi connectivity index (χ2v) is 4.27. The fraction of sp³-hybridized carbons (Fsp3) is 0.286. The molecule has 0 spiro atoms. The summed E-state index contributed by atoms with van der Waals surface area (Å²) in [5.41, 5.74) is 2.85. The summed E-state index contributed by atoms with van der Waals surface area (Å²) < 4.78 is 12.7. The van der Waals surface area contributed by atoms with Crippen LogP contribution in [0, 0.1) is 11.7 Å². The van der Waals surface area contributed by atoms with Crippen molar-refractivity contribution in [1.82, 2.24) is 5.43 Å². The van der Waals surface area contributed by atoms with Gasteiger partial charge in [0, 0.05) is 11.8 Å². The molecule has 1 aromatic carbocycles. The molecule has 0 saturated carbocycles. The first-order valence-corrected chi connectivity index (χ1v) is 6.00. The molecular weight excluding hydrogens is 231 g/mol. The second-order valence-electron chi connectivity index (χ2n) is 4.27. The highest BCUT2D eigenvalue weighted by Crippen LogP contribution is 2.15. The molecule has 1 amide bonds. The molecule has 0 bridgehead atoms. The van der Waals surface area contributed by atoms with Gasteiger partial charge in [0.25, 0.3) is 5.91 Å². The molecule has 1 aliphatic carbocycles. The van der Waals surface area contributed by atoms with E-state index in [2.05, 4.69) is 22.7 Å². The number of allylic oxidation sites excluding steroid dienone is 2. The highest BCUT2D eigenvalue weighted by atomic mass is 19.1. The lowest BCUT2D eigenvalue weighted by molar-refractivity contribution is 0.0955. The van der Waals surface area contributed by atoms with E-state index in [-0.39, 0.29) is 11.7 Å². The van der Waals surface area contributed by atoms with Crippen LogP contribution in [0.1, 0.15) is 29.6 Å². The van der Waals surface area contributed by atoms with E-state index in [9.17, 15) is 9.18 Å². The number of carbonyl (C=O) groups is 1. The summed E-state index contributed by atoms with van der Waals surface area (Å²) >= 11 is 0. The molecule has 4 heteroatoms. The third kappa shape index (κ3) is 3.52. The minimum absolute atomic E-state index is 0.322. The van der Waals surface area contributed by atoms with Crippen LogP contribution in [0.15, 0.2) is 41.5 Å². The van der Waals surface area contributed by atoms with E-state index in [1.54, 1.807) is 6.21 Å². The third-order valence-electron chi connectivity index (χ3n) is 2.87. The van der Waals surface area contributed by atoms with Gasteiger partial charge in [0.15, 0.2) is 0 Å². The quantitative estimate of drug-likeness (QED) is 0.497.